The molecule has 0 aromatic carbocycles. The molecule has 0 saturated heterocycles. The van der Waals surface area contributed by atoms with Gasteiger partial charge >= 0.3 is 0 Å². The normalized spacial score (nSPS) is 17.8. The first-order valence-electron chi connectivity index (χ1n) is 6.65. The highest BCUT2D eigenvalue weighted by Gasteiger charge is 2.32. The number of aliphatic hydroxyl groups excluding tert-OH is 1. The lowest BCUT2D eigenvalue weighted by Crippen LogP contribution is -2.27. The standard InChI is InChI=1S/C14H23NO3S2/c1-5-9(3)12(13(16)10(4)6-2)11-7-8-19-14(11)20(15,17)18/h6-9,12-13,16H,5H2,1-4H3,(H2,15,17,18)/b10-6+/t9-,12-,13?/m0/s1. The van der Waals surface area contributed by atoms with Gasteiger partial charge in [-0.25, -0.2) is 13.6 Å². The Kier molecular flexibility index (Phi) is 5.94. The Bertz CT molecular complexity index is 575. The van der Waals surface area contributed by atoms with Crippen LogP contribution in [0, 0.1) is 5.92 Å². The van der Waals surface area contributed by atoms with Gasteiger partial charge in [0.25, 0.3) is 0 Å². The minimum Gasteiger partial charge on any atom is -0.388 e. The second kappa shape index (κ2) is 6.85. The van der Waals surface area contributed by atoms with E-state index in [1.54, 1.807) is 11.4 Å². The van der Waals surface area contributed by atoms with E-state index in [1.165, 1.54) is 0 Å². The molecule has 4 nitrogen and oxygen atoms in total. The first-order valence-corrected chi connectivity index (χ1v) is 9.07. The maximum Gasteiger partial charge on any atom is 0.247 e. The number of primary sulfonamides is 1. The molecule has 1 unspecified atom stereocenters. The second-order valence-electron chi connectivity index (χ2n) is 5.10. The van der Waals surface area contributed by atoms with Gasteiger partial charge in [-0.15, -0.1) is 11.3 Å². The third-order valence-electron chi connectivity index (χ3n) is 3.79. The number of aliphatic hydroxyl groups is 1. The Hall–Kier alpha value is -0.690. The molecule has 114 valence electrons. The molecule has 20 heavy (non-hydrogen) atoms. The lowest BCUT2D eigenvalue weighted by molar-refractivity contribution is 0.148. The number of hydrogen-bond acceptors (Lipinski definition) is 4. The molecule has 0 spiro atoms. The van der Waals surface area contributed by atoms with Crippen molar-refractivity contribution >= 4 is 21.4 Å². The topological polar surface area (TPSA) is 80.4 Å². The van der Waals surface area contributed by atoms with Crippen molar-refractivity contribution in [1.29, 1.82) is 0 Å². The van der Waals surface area contributed by atoms with Crippen LogP contribution in [0.3, 0.4) is 0 Å². The zero-order valence-corrected chi connectivity index (χ0v) is 14.0. The zero-order chi connectivity index (χ0) is 15.5. The fourth-order valence-corrected chi connectivity index (χ4v) is 4.19. The summed E-state index contributed by atoms with van der Waals surface area (Å²) in [6.07, 6.45) is 1.99. The molecule has 3 atom stereocenters. The van der Waals surface area contributed by atoms with Crippen molar-refractivity contribution in [3.05, 3.63) is 28.7 Å². The van der Waals surface area contributed by atoms with E-state index >= 15 is 0 Å². The van der Waals surface area contributed by atoms with Crippen molar-refractivity contribution in [3.8, 4) is 0 Å². The number of rotatable bonds is 6. The molecular formula is C14H23NO3S2. The molecule has 0 aliphatic heterocycles. The van der Waals surface area contributed by atoms with Crippen LogP contribution in [-0.2, 0) is 10.0 Å². The predicted octanol–water partition coefficient (Wildman–Crippen LogP) is 2.85. The van der Waals surface area contributed by atoms with Crippen LogP contribution in [0.15, 0.2) is 27.3 Å². The van der Waals surface area contributed by atoms with Gasteiger partial charge < -0.3 is 5.11 Å². The summed E-state index contributed by atoms with van der Waals surface area (Å²) in [5.41, 5.74) is 1.46. The summed E-state index contributed by atoms with van der Waals surface area (Å²) in [4.78, 5) is 0. The van der Waals surface area contributed by atoms with Gasteiger partial charge in [0, 0.05) is 5.92 Å². The quantitative estimate of drug-likeness (QED) is 0.792. The van der Waals surface area contributed by atoms with Crippen molar-refractivity contribution in [3.63, 3.8) is 0 Å². The van der Waals surface area contributed by atoms with E-state index in [9.17, 15) is 13.5 Å². The van der Waals surface area contributed by atoms with Gasteiger partial charge in [-0.1, -0.05) is 26.3 Å². The molecule has 1 aromatic rings. The molecule has 3 N–H and O–H groups in total. The highest BCUT2D eigenvalue weighted by molar-refractivity contribution is 7.91. The molecular weight excluding hydrogens is 294 g/mol. The van der Waals surface area contributed by atoms with Gasteiger partial charge in [0.15, 0.2) is 0 Å². The van der Waals surface area contributed by atoms with Crippen molar-refractivity contribution < 1.29 is 13.5 Å². The minimum atomic E-state index is -3.75. The first kappa shape index (κ1) is 17.4. The van der Waals surface area contributed by atoms with Gasteiger partial charge in [-0.3, -0.25) is 0 Å². The number of thiophene rings is 1. The van der Waals surface area contributed by atoms with E-state index in [2.05, 4.69) is 0 Å². The Labute approximate surface area is 125 Å². The first-order chi connectivity index (χ1) is 9.23. The molecule has 1 heterocycles. The number of nitrogens with two attached hydrogens (primary N) is 1. The maximum absolute atomic E-state index is 11.7. The summed E-state index contributed by atoms with van der Waals surface area (Å²) in [6, 6.07) is 1.76. The average molecular weight is 317 g/mol. The van der Waals surface area contributed by atoms with Gasteiger partial charge in [-0.2, -0.15) is 0 Å². The smallest absolute Gasteiger partial charge is 0.247 e. The summed E-state index contributed by atoms with van der Waals surface area (Å²) in [6.45, 7) is 7.75. The number of hydrogen-bond donors (Lipinski definition) is 2. The van der Waals surface area contributed by atoms with E-state index in [0.717, 1.165) is 23.3 Å². The van der Waals surface area contributed by atoms with E-state index in [1.807, 2.05) is 33.8 Å². The maximum atomic E-state index is 11.7. The van der Waals surface area contributed by atoms with Gasteiger partial charge in [-0.05, 0) is 42.3 Å². The van der Waals surface area contributed by atoms with Crippen molar-refractivity contribution in [2.24, 2.45) is 11.1 Å². The molecule has 0 fully saturated rings. The molecule has 6 heteroatoms. The van der Waals surface area contributed by atoms with E-state index in [4.69, 9.17) is 5.14 Å². The molecule has 0 bridgehead atoms. The third kappa shape index (κ3) is 3.69. The van der Waals surface area contributed by atoms with Crippen molar-refractivity contribution in [1.82, 2.24) is 0 Å². The molecule has 0 aliphatic carbocycles. The Morgan fingerprint density at radius 1 is 1.55 bits per heavy atom. The number of sulfonamides is 1. The third-order valence-corrected chi connectivity index (χ3v) is 6.26. The molecule has 1 rings (SSSR count). The van der Waals surface area contributed by atoms with E-state index in [0.29, 0.717) is 5.56 Å². The van der Waals surface area contributed by atoms with Crippen LogP contribution in [0.1, 0.15) is 45.6 Å². The lowest BCUT2D eigenvalue weighted by Gasteiger charge is -2.29. The molecule has 1 aromatic heterocycles. The monoisotopic (exact) mass is 317 g/mol. The molecule has 0 aliphatic rings. The summed E-state index contributed by atoms with van der Waals surface area (Å²) in [7, 11) is -3.75. The van der Waals surface area contributed by atoms with Gasteiger partial charge in [0.1, 0.15) is 4.21 Å². The minimum absolute atomic E-state index is 0.148. The predicted molar refractivity (Wildman–Crippen MR) is 83.3 cm³/mol. The van der Waals surface area contributed by atoms with Gasteiger partial charge in [0.05, 0.1) is 6.10 Å². The van der Waals surface area contributed by atoms with Crippen LogP contribution < -0.4 is 5.14 Å². The lowest BCUT2D eigenvalue weighted by atomic mass is 9.80. The summed E-state index contributed by atoms with van der Waals surface area (Å²) in [5, 5.41) is 17.5. The zero-order valence-electron chi connectivity index (χ0n) is 12.3. The van der Waals surface area contributed by atoms with Crippen LogP contribution in [0.4, 0.5) is 0 Å². The Morgan fingerprint density at radius 2 is 2.15 bits per heavy atom. The average Bonchev–Trinajstić information content (AvgIpc) is 2.86. The highest BCUT2D eigenvalue weighted by atomic mass is 32.2. The highest BCUT2D eigenvalue weighted by Crippen LogP contribution is 2.38. The fraction of sp³-hybridized carbons (Fsp3) is 0.571. The largest absolute Gasteiger partial charge is 0.388 e. The SMILES string of the molecule is C/C=C(\C)C(O)[C@H](c1ccsc1S(N)(=O)=O)[C@@H](C)CC. The summed E-state index contributed by atoms with van der Waals surface area (Å²) >= 11 is 1.11. The van der Waals surface area contributed by atoms with Crippen LogP contribution in [0.2, 0.25) is 0 Å². The summed E-state index contributed by atoms with van der Waals surface area (Å²) in [5.74, 6) is -0.120. The van der Waals surface area contributed by atoms with Gasteiger partial charge in [0.2, 0.25) is 10.0 Å². The van der Waals surface area contributed by atoms with Crippen molar-refractivity contribution in [2.45, 2.75) is 50.3 Å². The van der Waals surface area contributed by atoms with E-state index in [-0.39, 0.29) is 16.0 Å². The number of allylic oxidation sites excluding steroid dienone is 1. The van der Waals surface area contributed by atoms with E-state index < -0.39 is 16.1 Å². The molecule has 0 saturated carbocycles. The molecule has 0 amide bonds. The second-order valence-corrected chi connectivity index (χ2v) is 7.77. The Morgan fingerprint density at radius 3 is 2.60 bits per heavy atom. The van der Waals surface area contributed by atoms with Crippen molar-refractivity contribution in [2.75, 3.05) is 0 Å². The van der Waals surface area contributed by atoms with Crippen LogP contribution in [0.25, 0.3) is 0 Å². The van der Waals surface area contributed by atoms with Crippen LogP contribution >= 0.6 is 11.3 Å². The fourth-order valence-electron chi connectivity index (χ4n) is 2.28. The Balaban J connectivity index is 3.37. The summed E-state index contributed by atoms with van der Waals surface area (Å²) < 4.78 is 23.5. The van der Waals surface area contributed by atoms with Crippen LogP contribution in [-0.4, -0.2) is 19.6 Å². The van der Waals surface area contributed by atoms with Crippen LogP contribution in [0.5, 0.6) is 0 Å². The molecule has 0 radical (unpaired) electrons.